The van der Waals surface area contributed by atoms with Gasteiger partial charge in [-0.2, -0.15) is 0 Å². The van der Waals surface area contributed by atoms with Crippen molar-refractivity contribution in [3.05, 3.63) is 83.4 Å². The van der Waals surface area contributed by atoms with Gasteiger partial charge in [-0.15, -0.1) is 0 Å². The molecule has 0 atom stereocenters. The summed E-state index contributed by atoms with van der Waals surface area (Å²) in [6.45, 7) is 0. The zero-order valence-electron chi connectivity index (χ0n) is 16.4. The van der Waals surface area contributed by atoms with Crippen molar-refractivity contribution in [2.45, 2.75) is 0 Å². The Balaban J connectivity index is 0.000000168. The van der Waals surface area contributed by atoms with E-state index >= 15 is 0 Å². The molecule has 0 aliphatic heterocycles. The quantitative estimate of drug-likeness (QED) is 0.317. The van der Waals surface area contributed by atoms with E-state index in [2.05, 4.69) is 53.6 Å². The van der Waals surface area contributed by atoms with Crippen LogP contribution in [-0.4, -0.2) is 25.8 Å². The van der Waals surface area contributed by atoms with Crippen molar-refractivity contribution >= 4 is 52.3 Å². The molecular formula is C22H19IN4O2S. The average molecular weight is 530 g/mol. The topological polar surface area (TPSA) is 64.8 Å². The molecule has 0 saturated carbocycles. The molecular weight excluding hydrogens is 511 g/mol. The summed E-state index contributed by atoms with van der Waals surface area (Å²) in [5, 5.41) is 4.81. The highest BCUT2D eigenvalue weighted by molar-refractivity contribution is 14.2. The highest BCUT2D eigenvalue weighted by Crippen LogP contribution is 2.37. The number of ether oxygens (including phenoxy) is 1. The van der Waals surface area contributed by atoms with Gasteiger partial charge < -0.3 is 4.74 Å². The number of para-hydroxylation sites is 2. The summed E-state index contributed by atoms with van der Waals surface area (Å²) in [4.78, 5) is 15.7. The molecule has 8 heteroatoms. The molecule has 152 valence electrons. The van der Waals surface area contributed by atoms with Gasteiger partial charge in [-0.25, -0.2) is 4.98 Å². The Bertz CT molecular complexity index is 1370. The van der Waals surface area contributed by atoms with Crippen molar-refractivity contribution in [2.75, 3.05) is 7.11 Å². The lowest BCUT2D eigenvalue weighted by Gasteiger charge is -2.06. The Morgan fingerprint density at radius 2 is 1.73 bits per heavy atom. The van der Waals surface area contributed by atoms with Gasteiger partial charge in [0.05, 0.1) is 18.0 Å². The molecule has 3 heterocycles. The number of aryl methyl sites for hydroxylation is 1. The number of pyridine rings is 1. The lowest BCUT2D eigenvalue weighted by Crippen LogP contribution is -2.10. The maximum absolute atomic E-state index is 11.3. The number of nitrogens with one attached hydrogen (secondary N) is 1. The van der Waals surface area contributed by atoms with Gasteiger partial charge in [0.25, 0.3) is 5.56 Å². The van der Waals surface area contributed by atoms with Gasteiger partial charge in [-0.1, -0.05) is 30.3 Å². The van der Waals surface area contributed by atoms with Gasteiger partial charge in [-0.3, -0.25) is 18.5 Å². The van der Waals surface area contributed by atoms with Crippen LogP contribution in [0.4, 0.5) is 0 Å². The molecule has 0 fully saturated rings. The normalized spacial score (nSPS) is 10.8. The number of aromatic amines is 1. The molecule has 6 nitrogen and oxygen atoms in total. The van der Waals surface area contributed by atoms with E-state index in [0.717, 1.165) is 38.8 Å². The second-order valence-electron chi connectivity index (χ2n) is 6.53. The number of halogens is 1. The Kier molecular flexibility index (Phi) is 6.14. The zero-order chi connectivity index (χ0) is 21.1. The van der Waals surface area contributed by atoms with Crippen molar-refractivity contribution in [3.63, 3.8) is 0 Å². The van der Waals surface area contributed by atoms with Crippen molar-refractivity contribution in [2.24, 2.45) is 7.05 Å². The SMILES string of the molecule is COc1ccccc1-c1cn(SI)c2ncccc12.Cn1[nH]c2ccccc2c1=O. The lowest BCUT2D eigenvalue weighted by molar-refractivity contribution is 0.416. The van der Waals surface area contributed by atoms with Crippen LogP contribution in [0, 0.1) is 0 Å². The molecule has 0 spiro atoms. The van der Waals surface area contributed by atoms with E-state index in [1.165, 1.54) is 4.68 Å². The highest BCUT2D eigenvalue weighted by atomic mass is 127. The molecule has 0 bridgehead atoms. The minimum atomic E-state index is 0.0283. The van der Waals surface area contributed by atoms with Crippen molar-refractivity contribution < 1.29 is 4.74 Å². The molecule has 5 rings (SSSR count). The van der Waals surface area contributed by atoms with Crippen LogP contribution in [0.25, 0.3) is 33.1 Å². The summed E-state index contributed by atoms with van der Waals surface area (Å²) in [6.07, 6.45) is 3.92. The molecule has 0 aliphatic carbocycles. The first-order valence-electron chi connectivity index (χ1n) is 9.16. The van der Waals surface area contributed by atoms with Crippen LogP contribution in [0.15, 0.2) is 77.9 Å². The largest absolute Gasteiger partial charge is 0.496 e. The van der Waals surface area contributed by atoms with Gasteiger partial charge in [0.2, 0.25) is 0 Å². The van der Waals surface area contributed by atoms with Crippen molar-refractivity contribution in [1.29, 1.82) is 0 Å². The highest BCUT2D eigenvalue weighted by Gasteiger charge is 2.14. The van der Waals surface area contributed by atoms with E-state index in [4.69, 9.17) is 4.74 Å². The predicted octanol–water partition coefficient (Wildman–Crippen LogP) is 5.42. The van der Waals surface area contributed by atoms with Crippen LogP contribution in [0.1, 0.15) is 0 Å². The molecule has 0 amide bonds. The number of rotatable bonds is 3. The fourth-order valence-electron chi connectivity index (χ4n) is 3.34. The Morgan fingerprint density at radius 1 is 1.00 bits per heavy atom. The first kappa shape index (κ1) is 20.5. The standard InChI is InChI=1S/C14H11IN2OS.C8H8N2O/c1-18-13-7-3-2-5-10(13)12-9-17(19-15)14-11(12)6-4-8-16-14;1-10-8(11)6-4-2-3-5-7(6)9-10/h2-9H,1H3;2-5,9H,1H3. The first-order valence-corrected chi connectivity index (χ1v) is 12.5. The fourth-order valence-corrected chi connectivity index (χ4v) is 4.60. The van der Waals surface area contributed by atoms with Crippen LogP contribution in [0.3, 0.4) is 0 Å². The number of benzene rings is 2. The van der Waals surface area contributed by atoms with E-state index in [1.807, 2.05) is 54.7 Å². The molecule has 3 aromatic heterocycles. The second kappa shape index (κ2) is 8.97. The van der Waals surface area contributed by atoms with E-state index in [1.54, 1.807) is 23.3 Å². The summed E-state index contributed by atoms with van der Waals surface area (Å²) in [5.41, 5.74) is 4.13. The Labute approximate surface area is 189 Å². The minimum Gasteiger partial charge on any atom is -0.496 e. The summed E-state index contributed by atoms with van der Waals surface area (Å²) in [6, 6.07) is 19.6. The summed E-state index contributed by atoms with van der Waals surface area (Å²) in [7, 11) is 5.02. The Morgan fingerprint density at radius 3 is 2.50 bits per heavy atom. The molecule has 0 radical (unpaired) electrons. The van der Waals surface area contributed by atoms with Gasteiger partial charge in [-0.05, 0) is 30.3 Å². The summed E-state index contributed by atoms with van der Waals surface area (Å²) >= 11 is 2.26. The molecule has 0 saturated heterocycles. The number of fused-ring (bicyclic) bond motifs is 2. The minimum absolute atomic E-state index is 0.0283. The van der Waals surface area contributed by atoms with Crippen LogP contribution >= 0.6 is 30.3 Å². The first-order chi connectivity index (χ1) is 14.6. The average Bonchev–Trinajstić information content (AvgIpc) is 3.31. The zero-order valence-corrected chi connectivity index (χ0v) is 19.3. The number of aromatic nitrogens is 4. The number of hydrogen-bond donors (Lipinski definition) is 1. The molecule has 5 aromatic rings. The third-order valence-electron chi connectivity index (χ3n) is 4.75. The maximum Gasteiger partial charge on any atom is 0.274 e. The van der Waals surface area contributed by atoms with E-state index in [9.17, 15) is 4.79 Å². The lowest BCUT2D eigenvalue weighted by atomic mass is 10.1. The van der Waals surface area contributed by atoms with Gasteiger partial charge in [0.15, 0.2) is 5.65 Å². The summed E-state index contributed by atoms with van der Waals surface area (Å²) < 4.78 is 9.00. The fraction of sp³-hybridized carbons (Fsp3) is 0.0909. The van der Waals surface area contributed by atoms with Crippen LogP contribution in [0.2, 0.25) is 0 Å². The molecule has 30 heavy (non-hydrogen) atoms. The van der Waals surface area contributed by atoms with Crippen molar-refractivity contribution in [3.8, 4) is 16.9 Å². The van der Waals surface area contributed by atoms with Crippen molar-refractivity contribution in [1.82, 2.24) is 18.7 Å². The molecule has 0 aliphatic rings. The molecule has 2 aromatic carbocycles. The van der Waals surface area contributed by atoms with E-state index < -0.39 is 0 Å². The Hall–Kier alpha value is -2.72. The molecule has 0 unspecified atom stereocenters. The number of methoxy groups -OCH3 is 1. The second-order valence-corrected chi connectivity index (χ2v) is 8.25. The van der Waals surface area contributed by atoms with Gasteiger partial charge >= 0.3 is 0 Å². The summed E-state index contributed by atoms with van der Waals surface area (Å²) in [5.74, 6) is 0.879. The number of H-pyrrole nitrogens is 1. The maximum atomic E-state index is 11.3. The predicted molar refractivity (Wildman–Crippen MR) is 132 cm³/mol. The molecule has 1 N–H and O–H groups in total. The number of hydrogen-bond acceptors (Lipinski definition) is 4. The smallest absolute Gasteiger partial charge is 0.274 e. The van der Waals surface area contributed by atoms with Gasteiger partial charge in [0.1, 0.15) is 5.75 Å². The van der Waals surface area contributed by atoms with E-state index in [0.29, 0.717) is 0 Å². The van der Waals surface area contributed by atoms with E-state index in [-0.39, 0.29) is 5.56 Å². The number of nitrogens with zero attached hydrogens (tertiary/aromatic N) is 3. The van der Waals surface area contributed by atoms with Crippen LogP contribution in [0.5, 0.6) is 5.75 Å². The third kappa shape index (κ3) is 3.84. The monoisotopic (exact) mass is 530 g/mol. The van der Waals surface area contributed by atoms with Crippen LogP contribution < -0.4 is 10.3 Å². The van der Waals surface area contributed by atoms with Crippen LogP contribution in [-0.2, 0) is 7.05 Å². The third-order valence-corrected chi connectivity index (χ3v) is 6.45. The van der Waals surface area contributed by atoms with Gasteiger partial charge in [0, 0.05) is 66.3 Å².